The molecule has 1 aliphatic heterocycles. The normalized spacial score (nSPS) is 28.5. The summed E-state index contributed by atoms with van der Waals surface area (Å²) >= 11 is 0. The molecule has 13 heavy (non-hydrogen) atoms. The highest BCUT2D eigenvalue weighted by atomic mass is 16.5. The van der Waals surface area contributed by atoms with E-state index in [1.807, 2.05) is 0 Å². The van der Waals surface area contributed by atoms with Gasteiger partial charge in [-0.15, -0.1) is 0 Å². The Morgan fingerprint density at radius 1 is 1.69 bits per heavy atom. The van der Waals surface area contributed by atoms with Crippen molar-refractivity contribution in [3.63, 3.8) is 0 Å². The molecule has 0 radical (unpaired) electrons. The standard InChI is InChI=1S/C9H16O4/c1-12-9(11)3-2-7-4-5-13-6-8(7)10/h7-8,10H,2-6H2,1H3. The number of hydrogen-bond donors (Lipinski definition) is 1. The second-order valence-electron chi connectivity index (χ2n) is 3.31. The summed E-state index contributed by atoms with van der Waals surface area (Å²) in [5.74, 6) is -0.0217. The molecule has 0 bridgehead atoms. The van der Waals surface area contributed by atoms with Crippen molar-refractivity contribution in [3.05, 3.63) is 0 Å². The second-order valence-corrected chi connectivity index (χ2v) is 3.31. The molecule has 4 heteroatoms. The zero-order chi connectivity index (χ0) is 9.68. The zero-order valence-electron chi connectivity index (χ0n) is 7.86. The number of methoxy groups -OCH3 is 1. The van der Waals surface area contributed by atoms with Crippen molar-refractivity contribution < 1.29 is 19.4 Å². The van der Waals surface area contributed by atoms with Crippen molar-refractivity contribution in [1.29, 1.82) is 0 Å². The van der Waals surface area contributed by atoms with Crippen molar-refractivity contribution in [3.8, 4) is 0 Å². The van der Waals surface area contributed by atoms with Crippen LogP contribution in [-0.2, 0) is 14.3 Å². The van der Waals surface area contributed by atoms with Gasteiger partial charge in [-0.2, -0.15) is 0 Å². The van der Waals surface area contributed by atoms with Gasteiger partial charge in [-0.05, 0) is 18.8 Å². The van der Waals surface area contributed by atoms with Crippen LogP contribution in [-0.4, -0.2) is 37.5 Å². The number of aliphatic hydroxyl groups excluding tert-OH is 1. The Labute approximate surface area is 77.8 Å². The van der Waals surface area contributed by atoms with Gasteiger partial charge < -0.3 is 14.6 Å². The maximum atomic E-state index is 10.8. The molecule has 1 fully saturated rings. The average Bonchev–Trinajstić information content (AvgIpc) is 2.16. The smallest absolute Gasteiger partial charge is 0.305 e. The Kier molecular flexibility index (Phi) is 4.18. The van der Waals surface area contributed by atoms with Gasteiger partial charge in [-0.3, -0.25) is 4.79 Å². The Hall–Kier alpha value is -0.610. The summed E-state index contributed by atoms with van der Waals surface area (Å²) < 4.78 is 9.60. The Morgan fingerprint density at radius 3 is 3.08 bits per heavy atom. The topological polar surface area (TPSA) is 55.8 Å². The van der Waals surface area contributed by atoms with Crippen molar-refractivity contribution >= 4 is 5.97 Å². The lowest BCUT2D eigenvalue weighted by Crippen LogP contribution is -2.32. The largest absolute Gasteiger partial charge is 0.469 e. The summed E-state index contributed by atoms with van der Waals surface area (Å²) in [5.41, 5.74) is 0. The predicted molar refractivity (Wildman–Crippen MR) is 46.2 cm³/mol. The van der Waals surface area contributed by atoms with Gasteiger partial charge in [-0.1, -0.05) is 0 Å². The van der Waals surface area contributed by atoms with Gasteiger partial charge in [0.05, 0.1) is 19.8 Å². The van der Waals surface area contributed by atoms with Crippen LogP contribution in [0.3, 0.4) is 0 Å². The average molecular weight is 188 g/mol. The summed E-state index contributed by atoms with van der Waals surface area (Å²) in [6.07, 6.45) is 1.49. The fourth-order valence-corrected chi connectivity index (χ4v) is 1.51. The lowest BCUT2D eigenvalue weighted by Gasteiger charge is -2.27. The molecule has 0 amide bonds. The second kappa shape index (κ2) is 5.19. The van der Waals surface area contributed by atoms with E-state index < -0.39 is 6.10 Å². The molecule has 1 rings (SSSR count). The summed E-state index contributed by atoms with van der Waals surface area (Å²) in [6.45, 7) is 1.08. The van der Waals surface area contributed by atoms with Gasteiger partial charge in [0.15, 0.2) is 0 Å². The van der Waals surface area contributed by atoms with Gasteiger partial charge in [0, 0.05) is 13.0 Å². The molecular formula is C9H16O4. The Balaban J connectivity index is 2.22. The first-order valence-electron chi connectivity index (χ1n) is 4.56. The third kappa shape index (κ3) is 3.32. The third-order valence-corrected chi connectivity index (χ3v) is 2.41. The van der Waals surface area contributed by atoms with E-state index in [-0.39, 0.29) is 11.9 Å². The molecule has 1 saturated heterocycles. The molecule has 0 aromatic heterocycles. The van der Waals surface area contributed by atoms with Crippen LogP contribution in [0.15, 0.2) is 0 Å². The SMILES string of the molecule is COC(=O)CCC1CCOCC1O. The number of esters is 1. The van der Waals surface area contributed by atoms with Gasteiger partial charge in [-0.25, -0.2) is 0 Å². The molecule has 1 aliphatic rings. The number of rotatable bonds is 3. The van der Waals surface area contributed by atoms with E-state index in [1.165, 1.54) is 7.11 Å². The number of ether oxygens (including phenoxy) is 2. The number of hydrogen-bond acceptors (Lipinski definition) is 4. The molecule has 0 aromatic carbocycles. The van der Waals surface area contributed by atoms with E-state index >= 15 is 0 Å². The van der Waals surface area contributed by atoms with E-state index in [2.05, 4.69) is 4.74 Å². The Bertz CT molecular complexity index is 169. The van der Waals surface area contributed by atoms with Crippen LogP contribution >= 0.6 is 0 Å². The molecule has 76 valence electrons. The molecule has 4 nitrogen and oxygen atoms in total. The molecule has 1 heterocycles. The van der Waals surface area contributed by atoms with Crippen LogP contribution < -0.4 is 0 Å². The van der Waals surface area contributed by atoms with Gasteiger partial charge >= 0.3 is 5.97 Å². The van der Waals surface area contributed by atoms with Crippen molar-refractivity contribution in [2.75, 3.05) is 20.3 Å². The zero-order valence-corrected chi connectivity index (χ0v) is 7.86. The van der Waals surface area contributed by atoms with Crippen LogP contribution in [0.4, 0.5) is 0 Å². The first-order chi connectivity index (χ1) is 6.24. The number of aliphatic hydroxyl groups is 1. The van der Waals surface area contributed by atoms with Crippen LogP contribution in [0.2, 0.25) is 0 Å². The third-order valence-electron chi connectivity index (χ3n) is 2.41. The summed E-state index contributed by atoms with van der Waals surface area (Å²) in [4.78, 5) is 10.8. The Morgan fingerprint density at radius 2 is 2.46 bits per heavy atom. The molecule has 2 atom stereocenters. The quantitative estimate of drug-likeness (QED) is 0.649. The number of carbonyl (C=O) groups excluding carboxylic acids is 1. The molecule has 0 spiro atoms. The van der Waals surface area contributed by atoms with Crippen LogP contribution in [0.5, 0.6) is 0 Å². The number of carbonyl (C=O) groups is 1. The monoisotopic (exact) mass is 188 g/mol. The molecule has 0 aromatic rings. The van der Waals surface area contributed by atoms with Gasteiger partial charge in [0.1, 0.15) is 0 Å². The fraction of sp³-hybridized carbons (Fsp3) is 0.889. The van der Waals surface area contributed by atoms with Gasteiger partial charge in [0.25, 0.3) is 0 Å². The minimum atomic E-state index is -0.418. The minimum Gasteiger partial charge on any atom is -0.469 e. The molecule has 0 saturated carbocycles. The fourth-order valence-electron chi connectivity index (χ4n) is 1.51. The van der Waals surface area contributed by atoms with E-state index in [4.69, 9.17) is 4.74 Å². The summed E-state index contributed by atoms with van der Waals surface area (Å²) in [5, 5.41) is 9.48. The van der Waals surface area contributed by atoms with Crippen molar-refractivity contribution in [2.45, 2.75) is 25.4 Å². The molecule has 0 aliphatic carbocycles. The maximum absolute atomic E-state index is 10.8. The van der Waals surface area contributed by atoms with E-state index in [0.717, 1.165) is 6.42 Å². The van der Waals surface area contributed by atoms with Crippen molar-refractivity contribution in [2.24, 2.45) is 5.92 Å². The molecule has 1 N–H and O–H groups in total. The van der Waals surface area contributed by atoms with Crippen LogP contribution in [0, 0.1) is 5.92 Å². The highest BCUT2D eigenvalue weighted by Crippen LogP contribution is 2.20. The van der Waals surface area contributed by atoms with Crippen LogP contribution in [0.25, 0.3) is 0 Å². The minimum absolute atomic E-state index is 0.188. The van der Waals surface area contributed by atoms with E-state index in [0.29, 0.717) is 26.1 Å². The highest BCUT2D eigenvalue weighted by molar-refractivity contribution is 5.69. The highest BCUT2D eigenvalue weighted by Gasteiger charge is 2.23. The van der Waals surface area contributed by atoms with E-state index in [9.17, 15) is 9.90 Å². The van der Waals surface area contributed by atoms with E-state index in [1.54, 1.807) is 0 Å². The predicted octanol–water partition coefficient (Wildman–Crippen LogP) is 0.337. The summed E-state index contributed by atoms with van der Waals surface area (Å²) in [7, 11) is 1.38. The summed E-state index contributed by atoms with van der Waals surface area (Å²) in [6, 6.07) is 0. The maximum Gasteiger partial charge on any atom is 0.305 e. The first kappa shape index (κ1) is 10.5. The lowest BCUT2D eigenvalue weighted by atomic mass is 9.92. The van der Waals surface area contributed by atoms with Gasteiger partial charge in [0.2, 0.25) is 0 Å². The molecular weight excluding hydrogens is 172 g/mol. The lowest BCUT2D eigenvalue weighted by molar-refractivity contribution is -0.141. The van der Waals surface area contributed by atoms with Crippen LogP contribution in [0.1, 0.15) is 19.3 Å². The molecule has 2 unspecified atom stereocenters. The first-order valence-corrected chi connectivity index (χ1v) is 4.56. The van der Waals surface area contributed by atoms with Crippen molar-refractivity contribution in [1.82, 2.24) is 0 Å².